The lowest BCUT2D eigenvalue weighted by atomic mass is 10.0. The summed E-state index contributed by atoms with van der Waals surface area (Å²) in [7, 11) is 1.77. The molecule has 0 unspecified atom stereocenters. The van der Waals surface area contributed by atoms with E-state index in [1.54, 1.807) is 18.3 Å². The van der Waals surface area contributed by atoms with Gasteiger partial charge in [0.2, 0.25) is 23.3 Å². The van der Waals surface area contributed by atoms with Crippen molar-refractivity contribution >= 4 is 46.1 Å². The molecule has 0 aliphatic carbocycles. The maximum absolute atomic E-state index is 11.9. The fourth-order valence-corrected chi connectivity index (χ4v) is 3.94. The number of hydrogen-bond acceptors (Lipinski definition) is 6. The molecule has 4 N–H and O–H groups in total. The van der Waals surface area contributed by atoms with Gasteiger partial charge in [0.15, 0.2) is 5.52 Å². The average Bonchev–Trinajstić information content (AvgIpc) is 3.32. The van der Waals surface area contributed by atoms with E-state index in [1.165, 1.54) is 6.08 Å². The fourth-order valence-electron chi connectivity index (χ4n) is 3.94. The predicted octanol–water partition coefficient (Wildman–Crippen LogP) is 2.16. The quantitative estimate of drug-likeness (QED) is 0.476. The van der Waals surface area contributed by atoms with Crippen LogP contribution in [0.25, 0.3) is 11.2 Å². The maximum Gasteiger partial charge on any atom is 0.351 e. The second kappa shape index (κ2) is 9.68. The zero-order valence-electron chi connectivity index (χ0n) is 18.9. The third kappa shape index (κ3) is 4.94. The van der Waals surface area contributed by atoms with Crippen molar-refractivity contribution in [1.29, 1.82) is 0 Å². The molecule has 3 heterocycles. The van der Waals surface area contributed by atoms with Gasteiger partial charge in [-0.2, -0.15) is 0 Å². The number of piperidine rings is 1. The van der Waals surface area contributed by atoms with Crippen molar-refractivity contribution in [2.24, 2.45) is 0 Å². The van der Waals surface area contributed by atoms with Crippen LogP contribution in [0.15, 0.2) is 43.2 Å². The molecule has 0 spiro atoms. The van der Waals surface area contributed by atoms with Crippen molar-refractivity contribution in [3.05, 3.63) is 43.2 Å². The molecule has 1 aliphatic rings. The average molecular weight is 450 g/mol. The van der Waals surface area contributed by atoms with E-state index in [0.29, 0.717) is 18.0 Å². The number of benzene rings is 1. The number of fused-ring (bicyclic) bond motifs is 1. The van der Waals surface area contributed by atoms with Crippen molar-refractivity contribution in [3.63, 3.8) is 0 Å². The Morgan fingerprint density at radius 3 is 2.70 bits per heavy atom. The number of anilines is 4. The highest BCUT2D eigenvalue weighted by Crippen LogP contribution is 2.24. The van der Waals surface area contributed by atoms with Crippen LogP contribution in [0, 0.1) is 0 Å². The summed E-state index contributed by atoms with van der Waals surface area (Å²) in [4.78, 5) is 42.9. The van der Waals surface area contributed by atoms with E-state index in [4.69, 9.17) is 0 Å². The molecular formula is C23H29N8O2+. The summed E-state index contributed by atoms with van der Waals surface area (Å²) in [6, 6.07) is 7.75. The molecule has 3 aromatic rings. The van der Waals surface area contributed by atoms with Gasteiger partial charge in [-0.05, 0) is 43.2 Å². The number of aromatic nitrogens is 4. The largest absolute Gasteiger partial charge is 0.351 e. The Morgan fingerprint density at radius 1 is 1.30 bits per heavy atom. The van der Waals surface area contributed by atoms with Gasteiger partial charge in [0.1, 0.15) is 0 Å². The first-order chi connectivity index (χ1) is 16.0. The monoisotopic (exact) mass is 449 g/mol. The van der Waals surface area contributed by atoms with Gasteiger partial charge in [-0.25, -0.2) is 9.97 Å². The third-order valence-electron chi connectivity index (χ3n) is 5.85. The number of rotatable bonds is 7. The Balaban J connectivity index is 1.51. The highest BCUT2D eigenvalue weighted by atomic mass is 16.2. The number of nitrogens with one attached hydrogen (secondary N) is 4. The molecule has 10 heteroatoms. The van der Waals surface area contributed by atoms with Crippen LogP contribution < -0.4 is 25.4 Å². The summed E-state index contributed by atoms with van der Waals surface area (Å²) in [6.45, 7) is 6.92. The minimum absolute atomic E-state index is 0.0622. The molecule has 1 aliphatic heterocycles. The topological polar surface area (TPSA) is 120 Å². The smallest absolute Gasteiger partial charge is 0.350 e. The van der Waals surface area contributed by atoms with Crippen LogP contribution in [0.5, 0.6) is 0 Å². The molecule has 0 bridgehead atoms. The lowest BCUT2D eigenvalue weighted by Gasteiger charge is -2.30. The molecule has 2 amide bonds. The molecule has 2 aromatic heterocycles. The lowest BCUT2D eigenvalue weighted by Crippen LogP contribution is -2.45. The Kier molecular flexibility index (Phi) is 6.53. The Bertz CT molecular complexity index is 1150. The van der Waals surface area contributed by atoms with E-state index in [2.05, 4.69) is 42.0 Å². The fraction of sp³-hybridized carbons (Fsp3) is 0.348. The molecule has 0 atom stereocenters. The van der Waals surface area contributed by atoms with Crippen molar-refractivity contribution in [3.8, 4) is 0 Å². The van der Waals surface area contributed by atoms with E-state index in [1.807, 2.05) is 31.2 Å². The Morgan fingerprint density at radius 2 is 2.03 bits per heavy atom. The van der Waals surface area contributed by atoms with Gasteiger partial charge in [0, 0.05) is 25.2 Å². The summed E-state index contributed by atoms with van der Waals surface area (Å²) in [5, 5.41) is 6.27. The van der Waals surface area contributed by atoms with Crippen molar-refractivity contribution in [1.82, 2.24) is 20.3 Å². The number of hydrogen-bond donors (Lipinski definition) is 3. The molecule has 33 heavy (non-hydrogen) atoms. The van der Waals surface area contributed by atoms with Crippen molar-refractivity contribution in [2.75, 3.05) is 35.3 Å². The number of amides is 2. The van der Waals surface area contributed by atoms with E-state index in [-0.39, 0.29) is 17.9 Å². The van der Waals surface area contributed by atoms with Gasteiger partial charge < -0.3 is 20.1 Å². The van der Waals surface area contributed by atoms with Crippen LogP contribution in [0.1, 0.15) is 26.2 Å². The molecule has 4 rings (SSSR count). The van der Waals surface area contributed by atoms with Crippen LogP contribution in [0.4, 0.5) is 23.1 Å². The third-order valence-corrected chi connectivity index (χ3v) is 5.85. The lowest BCUT2D eigenvalue weighted by molar-refractivity contribution is -0.349. The summed E-state index contributed by atoms with van der Waals surface area (Å²) in [5.41, 5.74) is 3.12. The molecular weight excluding hydrogens is 420 g/mol. The minimum Gasteiger partial charge on any atom is -0.350 e. The normalized spacial score (nSPS) is 14.2. The minimum atomic E-state index is -0.136. The van der Waals surface area contributed by atoms with Crippen LogP contribution >= 0.6 is 0 Å². The van der Waals surface area contributed by atoms with Crippen LogP contribution in [-0.2, 0) is 9.59 Å². The SMILES string of the molecule is C=CC(=O)NC1CCN(c2[nH+]c(Nc3ccc(N(C)C(=O)CC)cc3)nc3nc[nH]c23)CC1. The number of carbonyl (C=O) groups excluding carboxylic acids is 2. The summed E-state index contributed by atoms with van der Waals surface area (Å²) >= 11 is 0. The van der Waals surface area contributed by atoms with Crippen molar-refractivity contribution < 1.29 is 14.6 Å². The predicted molar refractivity (Wildman–Crippen MR) is 127 cm³/mol. The number of carbonyl (C=O) groups is 2. The molecule has 1 saturated heterocycles. The first-order valence-electron chi connectivity index (χ1n) is 11.1. The molecule has 1 fully saturated rings. The summed E-state index contributed by atoms with van der Waals surface area (Å²) in [5.74, 6) is 1.39. The molecule has 0 radical (unpaired) electrons. The second-order valence-corrected chi connectivity index (χ2v) is 7.99. The van der Waals surface area contributed by atoms with Crippen LogP contribution in [0.2, 0.25) is 0 Å². The molecule has 1 aromatic carbocycles. The van der Waals surface area contributed by atoms with Gasteiger partial charge in [0.05, 0.1) is 25.1 Å². The van der Waals surface area contributed by atoms with E-state index < -0.39 is 0 Å². The van der Waals surface area contributed by atoms with Gasteiger partial charge in [0.25, 0.3) is 0 Å². The van der Waals surface area contributed by atoms with Crippen LogP contribution in [0.3, 0.4) is 0 Å². The van der Waals surface area contributed by atoms with E-state index >= 15 is 0 Å². The van der Waals surface area contributed by atoms with Gasteiger partial charge >= 0.3 is 5.95 Å². The Hall–Kier alpha value is -3.95. The van der Waals surface area contributed by atoms with E-state index in [9.17, 15) is 9.59 Å². The molecule has 0 saturated carbocycles. The van der Waals surface area contributed by atoms with Gasteiger partial charge in [-0.3, -0.25) is 14.9 Å². The summed E-state index contributed by atoms with van der Waals surface area (Å²) < 4.78 is 0. The zero-order chi connectivity index (χ0) is 23.4. The van der Waals surface area contributed by atoms with Crippen molar-refractivity contribution in [2.45, 2.75) is 32.2 Å². The standard InChI is InChI=1S/C23H28N8O2/c1-4-18(32)26-16-10-12-31(13-11-16)22-20-21(25-14-24-20)28-23(29-22)27-15-6-8-17(9-7-15)30(3)19(33)5-2/h4,6-9,14,16H,1,5,10-13H2,2-3H3,(H,26,32)(H2,24,25,27,28,29)/p+1. The number of imidazole rings is 1. The van der Waals surface area contributed by atoms with Gasteiger partial charge in [-0.15, -0.1) is 0 Å². The van der Waals surface area contributed by atoms with E-state index in [0.717, 1.165) is 48.6 Å². The first kappa shape index (κ1) is 22.3. The number of nitrogens with zero attached hydrogens (tertiary/aromatic N) is 4. The van der Waals surface area contributed by atoms with Gasteiger partial charge in [-0.1, -0.05) is 18.5 Å². The number of aromatic amines is 2. The Labute approximate surface area is 192 Å². The maximum atomic E-state index is 11.9. The van der Waals surface area contributed by atoms with Crippen LogP contribution in [-0.4, -0.2) is 52.9 Å². The summed E-state index contributed by atoms with van der Waals surface area (Å²) in [6.07, 6.45) is 5.06. The first-order valence-corrected chi connectivity index (χ1v) is 11.1. The number of H-pyrrole nitrogens is 2. The molecule has 10 nitrogen and oxygen atoms in total. The zero-order valence-corrected chi connectivity index (χ0v) is 18.9. The second-order valence-electron chi connectivity index (χ2n) is 7.99. The highest BCUT2D eigenvalue weighted by molar-refractivity contribution is 5.92. The molecule has 172 valence electrons. The highest BCUT2D eigenvalue weighted by Gasteiger charge is 2.27.